The number of carboxylic acids is 1. The Morgan fingerprint density at radius 1 is 1.08 bits per heavy atom. The van der Waals surface area contributed by atoms with E-state index in [1.165, 1.54) is 0 Å². The number of thioether (sulfide) groups is 1. The van der Waals surface area contributed by atoms with Crippen LogP contribution in [0.2, 0.25) is 5.02 Å². The number of nitrogens with zero attached hydrogens (tertiary/aromatic N) is 3. The highest BCUT2D eigenvalue weighted by Crippen LogP contribution is 2.35. The summed E-state index contributed by atoms with van der Waals surface area (Å²) in [5.74, 6) is -0.915. The topological polar surface area (TPSA) is 84.7 Å². The van der Waals surface area contributed by atoms with Gasteiger partial charge in [0.05, 0.1) is 10.6 Å². The minimum atomic E-state index is -1.13. The van der Waals surface area contributed by atoms with Crippen molar-refractivity contribution in [2.24, 2.45) is 0 Å². The second-order valence-electron chi connectivity index (χ2n) is 8.32. The summed E-state index contributed by atoms with van der Waals surface area (Å²) in [7, 11) is 0. The van der Waals surface area contributed by atoms with Gasteiger partial charge in [-0.05, 0) is 48.0 Å². The molecular formula is C28H20ClN3O4S2. The number of halogens is 1. The third-order valence-corrected chi connectivity index (χ3v) is 7.27. The molecule has 1 saturated heterocycles. The standard InChI is InChI=1S/C28H20ClN3O4S2/c29-21-11-9-18(10-12-21)17-36-23-8-4-5-19(13-23)26-20(15-32(30-26)22-6-2-1-3-7-22)14-24-27(35)31(16-25(33)34)28(37)38-24/h1-15H,16-17H2,(H,33,34)/b24-14-. The van der Waals surface area contributed by atoms with Crippen molar-refractivity contribution in [3.63, 3.8) is 0 Å². The number of hydrogen-bond acceptors (Lipinski definition) is 6. The van der Waals surface area contributed by atoms with Crippen LogP contribution in [0.4, 0.5) is 0 Å². The molecule has 0 bridgehead atoms. The predicted octanol–water partition coefficient (Wildman–Crippen LogP) is 6.06. The van der Waals surface area contributed by atoms with E-state index in [-0.39, 0.29) is 4.32 Å². The lowest BCUT2D eigenvalue weighted by Gasteiger charge is -2.10. The molecule has 7 nitrogen and oxygen atoms in total. The number of carbonyl (C=O) groups is 2. The van der Waals surface area contributed by atoms with Gasteiger partial charge in [-0.25, -0.2) is 4.68 Å². The van der Waals surface area contributed by atoms with Crippen LogP contribution < -0.4 is 4.74 Å². The zero-order valence-corrected chi connectivity index (χ0v) is 22.2. The Morgan fingerprint density at radius 3 is 2.58 bits per heavy atom. The van der Waals surface area contributed by atoms with Gasteiger partial charge in [0.1, 0.15) is 28.9 Å². The van der Waals surface area contributed by atoms with Gasteiger partial charge in [0.2, 0.25) is 0 Å². The van der Waals surface area contributed by atoms with Crippen LogP contribution in [-0.2, 0) is 16.2 Å². The molecule has 0 spiro atoms. The van der Waals surface area contributed by atoms with E-state index in [2.05, 4.69) is 0 Å². The molecule has 0 aliphatic carbocycles. The van der Waals surface area contributed by atoms with E-state index in [0.717, 1.165) is 33.5 Å². The van der Waals surface area contributed by atoms with Crippen LogP contribution in [0.1, 0.15) is 11.1 Å². The van der Waals surface area contributed by atoms with Crippen molar-refractivity contribution in [1.82, 2.24) is 14.7 Å². The number of aromatic nitrogens is 2. The minimum Gasteiger partial charge on any atom is -0.489 e. The molecule has 1 aliphatic rings. The number of hydrogen-bond donors (Lipinski definition) is 1. The van der Waals surface area contributed by atoms with Crippen LogP contribution in [0.5, 0.6) is 5.75 Å². The Balaban J connectivity index is 1.49. The smallest absolute Gasteiger partial charge is 0.323 e. The molecule has 0 atom stereocenters. The van der Waals surface area contributed by atoms with Gasteiger partial charge in [0.15, 0.2) is 0 Å². The van der Waals surface area contributed by atoms with Gasteiger partial charge in [0.25, 0.3) is 5.91 Å². The lowest BCUT2D eigenvalue weighted by Crippen LogP contribution is -2.33. The van der Waals surface area contributed by atoms with Gasteiger partial charge < -0.3 is 9.84 Å². The molecule has 1 fully saturated rings. The fourth-order valence-electron chi connectivity index (χ4n) is 3.82. The molecule has 38 heavy (non-hydrogen) atoms. The van der Waals surface area contributed by atoms with Crippen LogP contribution in [0.3, 0.4) is 0 Å². The van der Waals surface area contributed by atoms with Crippen LogP contribution in [0.25, 0.3) is 23.0 Å². The Labute approximate surface area is 233 Å². The van der Waals surface area contributed by atoms with Gasteiger partial charge in [-0.3, -0.25) is 14.5 Å². The predicted molar refractivity (Wildman–Crippen MR) is 152 cm³/mol. The molecule has 1 amide bonds. The van der Waals surface area contributed by atoms with Crippen molar-refractivity contribution in [1.29, 1.82) is 0 Å². The summed E-state index contributed by atoms with van der Waals surface area (Å²) in [4.78, 5) is 25.5. The number of rotatable bonds is 8. The lowest BCUT2D eigenvalue weighted by atomic mass is 10.1. The van der Waals surface area contributed by atoms with Crippen molar-refractivity contribution in [3.8, 4) is 22.7 Å². The maximum atomic E-state index is 12.9. The number of carboxylic acid groups (broad SMARTS) is 1. The molecule has 1 N–H and O–H groups in total. The van der Waals surface area contributed by atoms with Gasteiger partial charge in [-0.2, -0.15) is 5.10 Å². The first-order valence-electron chi connectivity index (χ1n) is 11.5. The summed E-state index contributed by atoms with van der Waals surface area (Å²) in [6.45, 7) is -0.108. The Morgan fingerprint density at radius 2 is 1.84 bits per heavy atom. The molecule has 4 aromatic rings. The van der Waals surface area contributed by atoms with E-state index < -0.39 is 18.4 Å². The van der Waals surface area contributed by atoms with Crippen LogP contribution in [0, 0.1) is 0 Å². The number of para-hydroxylation sites is 1. The largest absolute Gasteiger partial charge is 0.489 e. The number of amides is 1. The third kappa shape index (κ3) is 5.80. The highest BCUT2D eigenvalue weighted by Gasteiger charge is 2.33. The Hall–Kier alpha value is -3.92. The molecular weight excluding hydrogens is 542 g/mol. The van der Waals surface area contributed by atoms with Crippen molar-refractivity contribution in [2.75, 3.05) is 6.54 Å². The molecule has 5 rings (SSSR count). The van der Waals surface area contributed by atoms with Gasteiger partial charge in [0, 0.05) is 22.3 Å². The molecule has 0 unspecified atom stereocenters. The molecule has 0 radical (unpaired) electrons. The molecule has 1 aromatic heterocycles. The Kier molecular flexibility index (Phi) is 7.59. The number of ether oxygens (including phenoxy) is 1. The van der Waals surface area contributed by atoms with E-state index in [1.807, 2.05) is 85.1 Å². The first kappa shape index (κ1) is 25.7. The zero-order chi connectivity index (χ0) is 26.6. The van der Waals surface area contributed by atoms with Crippen molar-refractivity contribution in [3.05, 3.63) is 106 Å². The van der Waals surface area contributed by atoms with E-state index in [9.17, 15) is 9.59 Å². The quantitative estimate of drug-likeness (QED) is 0.207. The highest BCUT2D eigenvalue weighted by molar-refractivity contribution is 8.26. The van der Waals surface area contributed by atoms with E-state index in [4.69, 9.17) is 38.8 Å². The monoisotopic (exact) mass is 561 g/mol. The first-order valence-corrected chi connectivity index (χ1v) is 13.1. The fraction of sp³-hybridized carbons (Fsp3) is 0.0714. The van der Waals surface area contributed by atoms with Gasteiger partial charge in [-0.15, -0.1) is 0 Å². The van der Waals surface area contributed by atoms with Gasteiger partial charge in [-0.1, -0.05) is 78.0 Å². The summed E-state index contributed by atoms with van der Waals surface area (Å²) >= 11 is 12.3. The average molecular weight is 562 g/mol. The molecule has 1 aliphatic heterocycles. The summed E-state index contributed by atoms with van der Waals surface area (Å²) in [5, 5.41) is 14.6. The lowest BCUT2D eigenvalue weighted by molar-refractivity contribution is -0.140. The van der Waals surface area contributed by atoms with Crippen molar-refractivity contribution in [2.45, 2.75) is 6.61 Å². The number of benzene rings is 3. The second-order valence-corrected chi connectivity index (χ2v) is 10.4. The third-order valence-electron chi connectivity index (χ3n) is 5.64. The van der Waals surface area contributed by atoms with Crippen LogP contribution in [-0.4, -0.2) is 42.5 Å². The summed E-state index contributed by atoms with van der Waals surface area (Å²) in [5.41, 5.74) is 3.94. The van der Waals surface area contributed by atoms with E-state index in [1.54, 1.807) is 10.8 Å². The molecule has 10 heteroatoms. The summed E-state index contributed by atoms with van der Waals surface area (Å²) in [6.07, 6.45) is 3.53. The summed E-state index contributed by atoms with van der Waals surface area (Å²) in [6, 6.07) is 24.6. The van der Waals surface area contributed by atoms with Crippen LogP contribution >= 0.6 is 35.6 Å². The number of thiocarbonyl (C=S) groups is 1. The molecule has 2 heterocycles. The zero-order valence-electron chi connectivity index (χ0n) is 19.8. The highest BCUT2D eigenvalue weighted by atomic mass is 35.5. The second kappa shape index (κ2) is 11.2. The van der Waals surface area contributed by atoms with E-state index in [0.29, 0.717) is 33.5 Å². The molecule has 190 valence electrons. The van der Waals surface area contributed by atoms with E-state index >= 15 is 0 Å². The van der Waals surface area contributed by atoms with Crippen LogP contribution in [0.15, 0.2) is 90.0 Å². The fourth-order valence-corrected chi connectivity index (χ4v) is 5.20. The normalized spacial score (nSPS) is 14.3. The summed E-state index contributed by atoms with van der Waals surface area (Å²) < 4.78 is 7.95. The maximum absolute atomic E-state index is 12.9. The first-order chi connectivity index (χ1) is 18.4. The molecule has 3 aromatic carbocycles. The Bertz CT molecular complexity index is 1550. The maximum Gasteiger partial charge on any atom is 0.323 e. The number of carbonyl (C=O) groups excluding carboxylic acids is 1. The minimum absolute atomic E-state index is 0.207. The number of aliphatic carboxylic acids is 1. The molecule has 0 saturated carbocycles. The van der Waals surface area contributed by atoms with Gasteiger partial charge >= 0.3 is 5.97 Å². The van der Waals surface area contributed by atoms with Crippen molar-refractivity contribution < 1.29 is 19.4 Å². The van der Waals surface area contributed by atoms with Crippen molar-refractivity contribution >= 4 is 57.9 Å². The SMILES string of the molecule is O=C(O)CN1C(=O)/C(=C/c2cn(-c3ccccc3)nc2-c2cccc(OCc3ccc(Cl)cc3)c2)SC1=S. The average Bonchev–Trinajstić information content (AvgIpc) is 3.45.